The van der Waals surface area contributed by atoms with Crippen LogP contribution in [-0.2, 0) is 26.6 Å². The minimum Gasteiger partial charge on any atom is -0.382 e. The van der Waals surface area contributed by atoms with Crippen LogP contribution in [0.4, 0.5) is 24.5 Å². The Morgan fingerprint density at radius 3 is 2.45 bits per heavy atom. The number of nitrogens with one attached hydrogen (secondary N) is 2. The maximum Gasteiger partial charge on any atom is 0.406 e. The summed E-state index contributed by atoms with van der Waals surface area (Å²) in [7, 11) is -3.06. The largest absolute Gasteiger partial charge is 0.406 e. The first-order valence-corrected chi connectivity index (χ1v) is 17.3. The van der Waals surface area contributed by atoms with Crippen LogP contribution >= 0.6 is 0 Å². The molecule has 0 saturated carbocycles. The smallest absolute Gasteiger partial charge is 0.382 e. The lowest BCUT2D eigenvalue weighted by Gasteiger charge is -2.34. The number of amides is 1. The highest BCUT2D eigenvalue weighted by atomic mass is 32.2. The molecule has 2 fully saturated rings. The maximum absolute atomic E-state index is 13.6. The van der Waals surface area contributed by atoms with Crippen LogP contribution in [0.3, 0.4) is 0 Å². The highest BCUT2D eigenvalue weighted by Gasteiger charge is 2.31. The molecule has 0 atom stereocenters. The monoisotopic (exact) mass is 669 g/mol. The van der Waals surface area contributed by atoms with Crippen LogP contribution in [0.1, 0.15) is 38.1 Å². The van der Waals surface area contributed by atoms with E-state index in [4.69, 9.17) is 0 Å². The zero-order valence-corrected chi connectivity index (χ0v) is 27.2. The van der Waals surface area contributed by atoms with Crippen molar-refractivity contribution in [2.45, 2.75) is 50.9 Å². The fourth-order valence-electron chi connectivity index (χ4n) is 5.78. The van der Waals surface area contributed by atoms with E-state index in [1.807, 2.05) is 6.07 Å². The third kappa shape index (κ3) is 8.76. The Morgan fingerprint density at radius 2 is 1.81 bits per heavy atom. The van der Waals surface area contributed by atoms with Crippen molar-refractivity contribution in [1.29, 1.82) is 5.26 Å². The third-order valence-corrected chi connectivity index (χ3v) is 10.2. The number of fused-ring (bicyclic) bond motifs is 1. The summed E-state index contributed by atoms with van der Waals surface area (Å²) in [5.74, 6) is 5.77. The summed E-state index contributed by atoms with van der Waals surface area (Å²) in [5, 5.41) is 16.6. The van der Waals surface area contributed by atoms with E-state index in [9.17, 15) is 31.6 Å². The fraction of sp³-hybridized carbons (Fsp3) is 0.485. The van der Waals surface area contributed by atoms with E-state index < -0.39 is 28.0 Å². The Morgan fingerprint density at radius 1 is 1.09 bits per heavy atom. The minimum atomic E-state index is -4.44. The molecule has 2 aliphatic heterocycles. The summed E-state index contributed by atoms with van der Waals surface area (Å²) in [6.07, 6.45) is -1.37. The molecule has 1 aromatic carbocycles. The van der Waals surface area contributed by atoms with Crippen LogP contribution in [0.2, 0.25) is 0 Å². The van der Waals surface area contributed by atoms with Crippen molar-refractivity contribution in [3.05, 3.63) is 54.0 Å². The number of pyridine rings is 1. The van der Waals surface area contributed by atoms with E-state index in [1.165, 1.54) is 4.57 Å². The predicted molar refractivity (Wildman–Crippen MR) is 175 cm³/mol. The number of anilines is 2. The van der Waals surface area contributed by atoms with E-state index in [0.717, 1.165) is 18.5 Å². The van der Waals surface area contributed by atoms with Crippen LogP contribution < -0.4 is 10.6 Å². The number of carbonyl (C=O) groups excluding carboxylic acids is 1. The second kappa shape index (κ2) is 13.8. The number of aromatic nitrogens is 2. The number of halogens is 3. The first-order valence-electron chi connectivity index (χ1n) is 15.5. The van der Waals surface area contributed by atoms with Gasteiger partial charge in [0.15, 0.2) is 9.84 Å². The summed E-state index contributed by atoms with van der Waals surface area (Å²) in [6, 6.07) is 12.7. The van der Waals surface area contributed by atoms with Crippen molar-refractivity contribution in [3.8, 4) is 17.9 Å². The number of likely N-dealkylation sites (tertiary alicyclic amines) is 1. The Bertz CT molecular complexity index is 1800. The van der Waals surface area contributed by atoms with E-state index >= 15 is 0 Å². The molecule has 4 heterocycles. The number of hydrogen-bond donors (Lipinski definition) is 2. The molecule has 2 N–H and O–H groups in total. The third-order valence-electron chi connectivity index (χ3n) is 8.57. The lowest BCUT2D eigenvalue weighted by atomic mass is 9.91. The van der Waals surface area contributed by atoms with Crippen LogP contribution in [0, 0.1) is 23.2 Å². The molecule has 1 amide bonds. The SMILES string of the molecule is CC(C)(C#N)c1ccc(NCC#Cc2cc3c(NC4CCN(CC(=O)N5CCS(=O)(=O)CC5)CC4)cccc3n2CC(F)(F)F)cn1. The summed E-state index contributed by atoms with van der Waals surface area (Å²) >= 11 is 0. The van der Waals surface area contributed by atoms with Gasteiger partial charge in [-0.25, -0.2) is 8.42 Å². The van der Waals surface area contributed by atoms with Crippen molar-refractivity contribution in [2.24, 2.45) is 0 Å². The van der Waals surface area contributed by atoms with E-state index in [0.29, 0.717) is 35.4 Å². The summed E-state index contributed by atoms with van der Waals surface area (Å²) in [4.78, 5) is 20.7. The molecule has 0 spiro atoms. The molecule has 5 rings (SSSR count). The first-order chi connectivity index (χ1) is 22.2. The molecule has 0 aliphatic carbocycles. The molecule has 2 aliphatic rings. The average molecular weight is 670 g/mol. The molecule has 3 aromatic rings. The topological polar surface area (TPSA) is 123 Å². The number of nitrogens with zero attached hydrogens (tertiary/aromatic N) is 5. The molecule has 14 heteroatoms. The van der Waals surface area contributed by atoms with Gasteiger partial charge >= 0.3 is 6.18 Å². The fourth-order valence-corrected chi connectivity index (χ4v) is 6.98. The first kappa shape index (κ1) is 34.1. The molecule has 0 bridgehead atoms. The molecule has 2 saturated heterocycles. The van der Waals surface area contributed by atoms with E-state index in [-0.39, 0.29) is 55.3 Å². The second-order valence-electron chi connectivity index (χ2n) is 12.5. The number of piperidine rings is 1. The molecule has 0 radical (unpaired) electrons. The van der Waals surface area contributed by atoms with Gasteiger partial charge in [0, 0.05) is 43.3 Å². The quantitative estimate of drug-likeness (QED) is 0.346. The molecule has 2 aromatic heterocycles. The number of sulfone groups is 1. The van der Waals surface area contributed by atoms with Gasteiger partial charge in [-0.3, -0.25) is 14.7 Å². The van der Waals surface area contributed by atoms with Gasteiger partial charge in [0.2, 0.25) is 5.91 Å². The van der Waals surface area contributed by atoms with Crippen LogP contribution in [0.5, 0.6) is 0 Å². The lowest BCUT2D eigenvalue weighted by molar-refractivity contribution is -0.140. The van der Waals surface area contributed by atoms with Crippen LogP contribution in [0.15, 0.2) is 42.6 Å². The predicted octanol–water partition coefficient (Wildman–Crippen LogP) is 4.00. The number of hydrogen-bond acceptors (Lipinski definition) is 8. The summed E-state index contributed by atoms with van der Waals surface area (Å²) in [6.45, 7) is 4.59. The minimum absolute atomic E-state index is 0.000969. The molecule has 47 heavy (non-hydrogen) atoms. The van der Waals surface area contributed by atoms with Gasteiger partial charge in [0.1, 0.15) is 6.54 Å². The van der Waals surface area contributed by atoms with Gasteiger partial charge in [-0.1, -0.05) is 12.0 Å². The molecule has 10 nitrogen and oxygen atoms in total. The van der Waals surface area contributed by atoms with Gasteiger partial charge in [-0.05, 0) is 62.9 Å². The van der Waals surface area contributed by atoms with Crippen LogP contribution in [0.25, 0.3) is 10.9 Å². The highest BCUT2D eigenvalue weighted by Crippen LogP contribution is 2.31. The Balaban J connectivity index is 1.23. The normalized spacial score (nSPS) is 17.5. The van der Waals surface area contributed by atoms with Crippen molar-refractivity contribution in [2.75, 3.05) is 61.4 Å². The van der Waals surface area contributed by atoms with E-state index in [1.54, 1.807) is 55.3 Å². The van der Waals surface area contributed by atoms with E-state index in [2.05, 4.69) is 38.4 Å². The van der Waals surface area contributed by atoms with Crippen molar-refractivity contribution in [3.63, 3.8) is 0 Å². The zero-order chi connectivity index (χ0) is 33.8. The Hall–Kier alpha value is -4.27. The number of rotatable bonds is 8. The van der Waals surface area contributed by atoms with Crippen molar-refractivity contribution < 1.29 is 26.4 Å². The van der Waals surface area contributed by atoms with Gasteiger partial charge in [-0.2, -0.15) is 18.4 Å². The van der Waals surface area contributed by atoms with Gasteiger partial charge in [0.25, 0.3) is 0 Å². The summed E-state index contributed by atoms with van der Waals surface area (Å²) in [5.41, 5.74) is 1.98. The standard InChI is InChI=1S/C33H38F3N7O3S/c1-32(2,22-37)30-9-8-25(20-39-30)38-12-4-5-26-19-27-28(6-3-7-29(27)43(26)23-33(34,35)36)40-24-10-13-41(14-11-24)21-31(44)42-15-17-47(45,46)18-16-42/h3,6-9,19-20,24,38,40H,10-18,21,23H2,1-2H3. The van der Waals surface area contributed by atoms with Gasteiger partial charge < -0.3 is 20.1 Å². The Labute approximate surface area is 272 Å². The number of benzene rings is 1. The molecule has 0 unspecified atom stereocenters. The average Bonchev–Trinajstić information content (AvgIpc) is 3.37. The van der Waals surface area contributed by atoms with Gasteiger partial charge in [0.05, 0.1) is 64.9 Å². The van der Waals surface area contributed by atoms with Gasteiger partial charge in [-0.15, -0.1) is 0 Å². The molecular formula is C33H38F3N7O3S. The number of alkyl halides is 3. The summed E-state index contributed by atoms with van der Waals surface area (Å²) < 4.78 is 65.5. The highest BCUT2D eigenvalue weighted by molar-refractivity contribution is 7.91. The zero-order valence-electron chi connectivity index (χ0n) is 26.4. The molecule has 250 valence electrons. The van der Waals surface area contributed by atoms with Crippen molar-refractivity contribution >= 4 is 38.0 Å². The number of nitriles is 1. The van der Waals surface area contributed by atoms with Crippen LogP contribution in [-0.4, -0.2) is 96.7 Å². The lowest BCUT2D eigenvalue weighted by Crippen LogP contribution is -2.49. The second-order valence-corrected chi connectivity index (χ2v) is 14.8. The molecular weight excluding hydrogens is 631 g/mol. The Kier molecular flexibility index (Phi) is 10.0. The maximum atomic E-state index is 13.6. The number of carbonyl (C=O) groups is 1. The van der Waals surface area contributed by atoms with Crippen molar-refractivity contribution in [1.82, 2.24) is 19.4 Å².